The maximum atomic E-state index is 13.2. The maximum absolute atomic E-state index is 13.2. The fourth-order valence-electron chi connectivity index (χ4n) is 2.47. The number of hydrogen-bond donors (Lipinski definition) is 1. The predicted molar refractivity (Wildman–Crippen MR) is 113 cm³/mol. The molecule has 0 aliphatic rings. The zero-order valence-corrected chi connectivity index (χ0v) is 18.0. The number of carbonyl (C=O) groups is 2. The average Bonchev–Trinajstić information content (AvgIpc) is 2.59. The quantitative estimate of drug-likeness (QED) is 0.522. The van der Waals surface area contributed by atoms with Crippen LogP contribution in [0.4, 0.5) is 5.69 Å². The van der Waals surface area contributed by atoms with Gasteiger partial charge in [0.1, 0.15) is 0 Å². The van der Waals surface area contributed by atoms with E-state index >= 15 is 0 Å². The lowest BCUT2D eigenvalue weighted by molar-refractivity contribution is -0.123. The lowest BCUT2D eigenvalue weighted by atomic mass is 10.1. The van der Waals surface area contributed by atoms with Crippen LogP contribution in [0.15, 0.2) is 54.6 Å². The van der Waals surface area contributed by atoms with Crippen molar-refractivity contribution in [3.8, 4) is 0 Å². The van der Waals surface area contributed by atoms with Crippen LogP contribution in [0.3, 0.4) is 0 Å². The molecule has 0 saturated carbocycles. The summed E-state index contributed by atoms with van der Waals surface area (Å²) >= 11 is 0. The molecule has 0 spiro atoms. The van der Waals surface area contributed by atoms with Crippen LogP contribution in [0.2, 0.25) is 18.1 Å². The molecule has 1 atom stereocenters. The molecule has 1 N–H and O–H groups in total. The third-order valence-corrected chi connectivity index (χ3v) is 9.56. The number of amides is 1. The monoisotopic (exact) mass is 383 g/mol. The van der Waals surface area contributed by atoms with E-state index in [-0.39, 0.29) is 16.7 Å². The van der Waals surface area contributed by atoms with Crippen molar-refractivity contribution in [3.63, 3.8) is 0 Å². The van der Waals surface area contributed by atoms with Gasteiger partial charge in [-0.25, -0.2) is 0 Å². The molecule has 0 saturated heterocycles. The molecule has 2 aromatic carbocycles. The minimum atomic E-state index is -2.19. The molecule has 27 heavy (non-hydrogen) atoms. The largest absolute Gasteiger partial charge is 0.401 e. The number of carbonyl (C=O) groups excluding carboxylic acids is 2. The van der Waals surface area contributed by atoms with Crippen LogP contribution in [0.1, 0.15) is 49.7 Å². The summed E-state index contributed by atoms with van der Waals surface area (Å²) in [6.07, 6.45) is -0.730. The number of anilines is 1. The zero-order chi connectivity index (χ0) is 20.2. The summed E-state index contributed by atoms with van der Waals surface area (Å²) in [4.78, 5) is 25.0. The smallest absolute Gasteiger partial charge is 0.257 e. The summed E-state index contributed by atoms with van der Waals surface area (Å²) in [7, 11) is -2.19. The summed E-state index contributed by atoms with van der Waals surface area (Å²) in [5.74, 6) is -0.354. The Kier molecular flexibility index (Phi) is 6.39. The van der Waals surface area contributed by atoms with Crippen LogP contribution in [-0.4, -0.2) is 20.0 Å². The second-order valence-corrected chi connectivity index (χ2v) is 13.0. The first-order chi connectivity index (χ1) is 12.5. The van der Waals surface area contributed by atoms with E-state index in [2.05, 4.69) is 39.2 Å². The molecule has 2 rings (SSSR count). The number of Topliss-reactive ketones (excluding diaryl/α,β-unsaturated/α-hetero) is 1. The number of rotatable bonds is 6. The summed E-state index contributed by atoms with van der Waals surface area (Å²) in [5, 5.41) is 2.87. The molecule has 0 aliphatic carbocycles. The number of ketones is 1. The van der Waals surface area contributed by atoms with Gasteiger partial charge in [-0.05, 0) is 42.8 Å². The highest BCUT2D eigenvalue weighted by Crippen LogP contribution is 2.40. The Morgan fingerprint density at radius 2 is 1.52 bits per heavy atom. The molecule has 0 radical (unpaired) electrons. The van der Waals surface area contributed by atoms with Gasteiger partial charge < -0.3 is 9.74 Å². The molecule has 0 heterocycles. The lowest BCUT2D eigenvalue weighted by Gasteiger charge is -2.39. The van der Waals surface area contributed by atoms with Gasteiger partial charge in [0.2, 0.25) is 0 Å². The molecule has 0 aliphatic heterocycles. The van der Waals surface area contributed by atoms with Gasteiger partial charge in [0.05, 0.1) is 5.69 Å². The summed E-state index contributed by atoms with van der Waals surface area (Å²) < 4.78 is 6.46. The standard InChI is InChI=1S/C22H29NO3Si/c1-16(24)18-14-10-11-15-19(18)23-21(25)20(17-12-8-7-9-13-17)26-27(5,6)22(2,3)4/h7-15,20H,1-6H3,(H,23,25)/t20-/m1/s1. The highest BCUT2D eigenvalue weighted by molar-refractivity contribution is 6.74. The number of hydrogen-bond acceptors (Lipinski definition) is 3. The van der Waals surface area contributed by atoms with Crippen LogP contribution in [-0.2, 0) is 9.22 Å². The van der Waals surface area contributed by atoms with Crippen LogP contribution in [0.25, 0.3) is 0 Å². The summed E-state index contributed by atoms with van der Waals surface area (Å²) in [6.45, 7) is 12.2. The molecule has 1 amide bonds. The highest BCUT2D eigenvalue weighted by Gasteiger charge is 2.41. The van der Waals surface area contributed by atoms with Crippen molar-refractivity contribution >= 4 is 25.7 Å². The van der Waals surface area contributed by atoms with E-state index < -0.39 is 14.4 Å². The first kappa shape index (κ1) is 21.1. The molecule has 0 bridgehead atoms. The Morgan fingerprint density at radius 3 is 2.07 bits per heavy atom. The minimum absolute atomic E-state index is 0.0302. The van der Waals surface area contributed by atoms with Crippen molar-refractivity contribution in [2.75, 3.05) is 5.32 Å². The van der Waals surface area contributed by atoms with Gasteiger partial charge in [0, 0.05) is 5.56 Å². The fourth-order valence-corrected chi connectivity index (χ4v) is 3.66. The fraction of sp³-hybridized carbons (Fsp3) is 0.364. The average molecular weight is 384 g/mol. The minimum Gasteiger partial charge on any atom is -0.401 e. The lowest BCUT2D eigenvalue weighted by Crippen LogP contribution is -2.44. The molecular formula is C22H29NO3Si. The highest BCUT2D eigenvalue weighted by atomic mass is 28.4. The molecule has 0 aromatic heterocycles. The van der Waals surface area contributed by atoms with Crippen molar-refractivity contribution in [1.82, 2.24) is 0 Å². The molecule has 0 unspecified atom stereocenters. The molecule has 144 valence electrons. The van der Waals surface area contributed by atoms with E-state index in [4.69, 9.17) is 4.43 Å². The number of nitrogens with one attached hydrogen (secondary N) is 1. The van der Waals surface area contributed by atoms with Gasteiger partial charge in [-0.2, -0.15) is 0 Å². The maximum Gasteiger partial charge on any atom is 0.257 e. The molecular weight excluding hydrogens is 354 g/mol. The Labute approximate surface area is 163 Å². The van der Waals surface area contributed by atoms with Gasteiger partial charge in [-0.1, -0.05) is 63.2 Å². The van der Waals surface area contributed by atoms with Crippen molar-refractivity contribution in [2.45, 2.75) is 51.9 Å². The van der Waals surface area contributed by atoms with E-state index in [1.165, 1.54) is 6.92 Å². The van der Waals surface area contributed by atoms with E-state index in [0.717, 1.165) is 5.56 Å². The molecule has 4 nitrogen and oxygen atoms in total. The van der Waals surface area contributed by atoms with Crippen LogP contribution in [0, 0.1) is 0 Å². The van der Waals surface area contributed by atoms with Gasteiger partial charge >= 0.3 is 0 Å². The van der Waals surface area contributed by atoms with E-state index in [1.54, 1.807) is 24.3 Å². The first-order valence-electron chi connectivity index (χ1n) is 9.16. The van der Waals surface area contributed by atoms with Gasteiger partial charge in [-0.3, -0.25) is 9.59 Å². The SMILES string of the molecule is CC(=O)c1ccccc1NC(=O)[C@H](O[Si](C)(C)C(C)(C)C)c1ccccc1. The van der Waals surface area contributed by atoms with Gasteiger partial charge in [0.25, 0.3) is 5.91 Å². The second kappa shape index (κ2) is 8.19. The molecule has 0 fully saturated rings. The van der Waals surface area contributed by atoms with Crippen LogP contribution >= 0.6 is 0 Å². The van der Waals surface area contributed by atoms with E-state index in [0.29, 0.717) is 11.3 Å². The van der Waals surface area contributed by atoms with E-state index in [1.807, 2.05) is 30.3 Å². The van der Waals surface area contributed by atoms with Crippen molar-refractivity contribution < 1.29 is 14.0 Å². The Morgan fingerprint density at radius 1 is 0.963 bits per heavy atom. The predicted octanol–water partition coefficient (Wildman–Crippen LogP) is 5.59. The second-order valence-electron chi connectivity index (χ2n) is 8.26. The topological polar surface area (TPSA) is 55.4 Å². The third-order valence-electron chi connectivity index (χ3n) is 5.12. The normalized spacial score (nSPS) is 13.1. The summed E-state index contributed by atoms with van der Waals surface area (Å²) in [6, 6.07) is 16.5. The van der Waals surface area contributed by atoms with Crippen molar-refractivity contribution in [3.05, 3.63) is 65.7 Å². The first-order valence-corrected chi connectivity index (χ1v) is 12.1. The summed E-state index contributed by atoms with van der Waals surface area (Å²) in [5.41, 5.74) is 1.81. The Hall–Kier alpha value is -2.24. The van der Waals surface area contributed by atoms with Crippen LogP contribution in [0.5, 0.6) is 0 Å². The van der Waals surface area contributed by atoms with Gasteiger partial charge in [-0.15, -0.1) is 0 Å². The van der Waals surface area contributed by atoms with Crippen molar-refractivity contribution in [2.24, 2.45) is 0 Å². The number of benzene rings is 2. The van der Waals surface area contributed by atoms with Gasteiger partial charge in [0.15, 0.2) is 20.2 Å². The van der Waals surface area contributed by atoms with E-state index in [9.17, 15) is 9.59 Å². The van der Waals surface area contributed by atoms with Crippen LogP contribution < -0.4 is 5.32 Å². The molecule has 5 heteroatoms. The van der Waals surface area contributed by atoms with Crippen molar-refractivity contribution in [1.29, 1.82) is 0 Å². The number of para-hydroxylation sites is 1. The molecule has 2 aromatic rings. The Bertz CT molecular complexity index is 810. The third kappa shape index (κ3) is 5.14. The Balaban J connectivity index is 2.37. The zero-order valence-electron chi connectivity index (χ0n) is 17.0.